The Kier molecular flexibility index (Phi) is 5.61. The number of carbonyl (C=O) groups excluding carboxylic acids is 1. The third-order valence-corrected chi connectivity index (χ3v) is 5.38. The van der Waals surface area contributed by atoms with Crippen LogP contribution in [0.4, 0.5) is 15.9 Å². The van der Waals surface area contributed by atoms with E-state index in [-0.39, 0.29) is 23.2 Å². The van der Waals surface area contributed by atoms with E-state index in [1.54, 1.807) is 6.07 Å². The van der Waals surface area contributed by atoms with Gasteiger partial charge in [0, 0.05) is 24.8 Å². The second-order valence-corrected chi connectivity index (χ2v) is 7.51. The van der Waals surface area contributed by atoms with Crippen molar-refractivity contribution in [3.63, 3.8) is 0 Å². The zero-order chi connectivity index (χ0) is 21.1. The molecule has 2 heterocycles. The Hall–Kier alpha value is -3.48. The molecule has 1 atom stereocenters. The van der Waals surface area contributed by atoms with Gasteiger partial charge in [-0.1, -0.05) is 18.2 Å². The number of rotatable bonds is 4. The quantitative estimate of drug-likeness (QED) is 0.720. The minimum Gasteiger partial charge on any atom is -0.354 e. The first-order valence-electron chi connectivity index (χ1n) is 9.99. The highest BCUT2D eigenvalue weighted by Gasteiger charge is 2.27. The van der Waals surface area contributed by atoms with Crippen molar-refractivity contribution in [1.29, 1.82) is 0 Å². The van der Waals surface area contributed by atoms with Gasteiger partial charge in [0.15, 0.2) is 0 Å². The number of nitrogens with zero attached hydrogens (tertiary/aromatic N) is 3. The van der Waals surface area contributed by atoms with E-state index in [9.17, 15) is 14.0 Å². The minimum absolute atomic E-state index is 0.0131. The largest absolute Gasteiger partial charge is 0.354 e. The minimum atomic E-state index is -0.374. The average Bonchev–Trinajstić information content (AvgIpc) is 2.76. The fourth-order valence-corrected chi connectivity index (χ4v) is 3.68. The molecule has 2 aromatic carbocycles. The van der Waals surface area contributed by atoms with Crippen molar-refractivity contribution in [3.8, 4) is 5.69 Å². The van der Waals surface area contributed by atoms with Crippen LogP contribution in [0.1, 0.15) is 18.4 Å². The maximum absolute atomic E-state index is 13.2. The van der Waals surface area contributed by atoms with Crippen molar-refractivity contribution < 1.29 is 9.18 Å². The second-order valence-electron chi connectivity index (χ2n) is 7.51. The number of nitrogens with one attached hydrogen (secondary N) is 1. The molecule has 7 heteroatoms. The summed E-state index contributed by atoms with van der Waals surface area (Å²) in [5.74, 6) is 0.0565. The number of hydrogen-bond acceptors (Lipinski definition) is 4. The van der Waals surface area contributed by atoms with Crippen LogP contribution >= 0.6 is 0 Å². The number of halogens is 1. The Balaban J connectivity index is 1.52. The van der Waals surface area contributed by atoms with Crippen molar-refractivity contribution in [3.05, 3.63) is 82.4 Å². The Labute approximate surface area is 174 Å². The SMILES string of the molecule is Cc1ccccc1NC(=O)[C@H]1CCCN(c2ccc(=O)n(-c3ccc(F)cc3)n2)C1. The van der Waals surface area contributed by atoms with E-state index >= 15 is 0 Å². The molecule has 0 aliphatic carbocycles. The van der Waals surface area contributed by atoms with Gasteiger partial charge in [-0.3, -0.25) is 9.59 Å². The van der Waals surface area contributed by atoms with Gasteiger partial charge in [-0.15, -0.1) is 5.10 Å². The number of aryl methyl sites for hydroxylation is 1. The van der Waals surface area contributed by atoms with Crippen LogP contribution in [-0.4, -0.2) is 28.8 Å². The summed E-state index contributed by atoms with van der Waals surface area (Å²) in [7, 11) is 0. The van der Waals surface area contributed by atoms with Gasteiger partial charge in [-0.05, 0) is 61.7 Å². The normalized spacial score (nSPS) is 16.3. The Morgan fingerprint density at radius 2 is 1.87 bits per heavy atom. The highest BCUT2D eigenvalue weighted by atomic mass is 19.1. The number of carbonyl (C=O) groups is 1. The van der Waals surface area contributed by atoms with Crippen LogP contribution in [0, 0.1) is 18.7 Å². The van der Waals surface area contributed by atoms with E-state index in [0.29, 0.717) is 18.1 Å². The zero-order valence-electron chi connectivity index (χ0n) is 16.7. The van der Waals surface area contributed by atoms with Crippen molar-refractivity contribution >= 4 is 17.4 Å². The summed E-state index contributed by atoms with van der Waals surface area (Å²) in [6.07, 6.45) is 1.65. The van der Waals surface area contributed by atoms with Crippen LogP contribution < -0.4 is 15.8 Å². The van der Waals surface area contributed by atoms with Crippen LogP contribution in [0.25, 0.3) is 5.69 Å². The molecule has 1 aliphatic heterocycles. The molecule has 0 unspecified atom stereocenters. The van der Waals surface area contributed by atoms with Crippen LogP contribution in [-0.2, 0) is 4.79 Å². The summed E-state index contributed by atoms with van der Waals surface area (Å²) in [6.45, 7) is 3.24. The molecular formula is C23H23FN4O2. The molecule has 1 aromatic heterocycles. The fourth-order valence-electron chi connectivity index (χ4n) is 3.68. The maximum Gasteiger partial charge on any atom is 0.271 e. The van der Waals surface area contributed by atoms with Gasteiger partial charge in [-0.2, -0.15) is 4.68 Å². The molecule has 0 radical (unpaired) electrons. The molecule has 6 nitrogen and oxygen atoms in total. The standard InChI is InChI=1S/C23H23FN4O2/c1-16-5-2-3-7-20(16)25-23(30)17-6-4-14-27(15-17)21-12-13-22(29)28(26-21)19-10-8-18(24)9-11-19/h2-3,5,7-13,17H,4,6,14-15H2,1H3,(H,25,30)/t17-/m0/s1. The van der Waals surface area contributed by atoms with Gasteiger partial charge >= 0.3 is 0 Å². The number of piperidine rings is 1. The summed E-state index contributed by atoms with van der Waals surface area (Å²) in [5.41, 5.74) is 2.04. The summed E-state index contributed by atoms with van der Waals surface area (Å²) in [5, 5.41) is 7.49. The average molecular weight is 406 g/mol. The van der Waals surface area contributed by atoms with Crippen LogP contribution in [0.2, 0.25) is 0 Å². The van der Waals surface area contributed by atoms with Gasteiger partial charge in [-0.25, -0.2) is 4.39 Å². The second kappa shape index (κ2) is 8.49. The predicted molar refractivity (Wildman–Crippen MR) is 115 cm³/mol. The summed E-state index contributed by atoms with van der Waals surface area (Å²) < 4.78 is 14.5. The lowest BCUT2D eigenvalue weighted by Gasteiger charge is -2.33. The van der Waals surface area contributed by atoms with Crippen molar-refractivity contribution in [2.24, 2.45) is 5.92 Å². The first-order chi connectivity index (χ1) is 14.5. The van der Waals surface area contributed by atoms with Gasteiger partial charge in [0.05, 0.1) is 11.6 Å². The highest BCUT2D eigenvalue weighted by molar-refractivity contribution is 5.93. The zero-order valence-corrected chi connectivity index (χ0v) is 16.7. The lowest BCUT2D eigenvalue weighted by atomic mass is 9.97. The van der Waals surface area contributed by atoms with Crippen LogP contribution in [0.5, 0.6) is 0 Å². The van der Waals surface area contributed by atoms with Crippen molar-refractivity contribution in [1.82, 2.24) is 9.78 Å². The Bertz CT molecular complexity index is 1110. The van der Waals surface area contributed by atoms with Crippen molar-refractivity contribution in [2.75, 3.05) is 23.3 Å². The number of anilines is 2. The van der Waals surface area contributed by atoms with E-state index in [0.717, 1.165) is 30.6 Å². The monoisotopic (exact) mass is 406 g/mol. The topological polar surface area (TPSA) is 67.2 Å². The van der Waals surface area contributed by atoms with Gasteiger partial charge in [0.2, 0.25) is 5.91 Å². The lowest BCUT2D eigenvalue weighted by molar-refractivity contribution is -0.120. The molecule has 4 rings (SSSR count). The van der Waals surface area contributed by atoms with Crippen LogP contribution in [0.15, 0.2) is 65.5 Å². The molecule has 1 saturated heterocycles. The summed E-state index contributed by atoms with van der Waals surface area (Å²) >= 11 is 0. The molecule has 0 saturated carbocycles. The van der Waals surface area contributed by atoms with E-state index in [1.165, 1.54) is 35.0 Å². The number of aromatic nitrogens is 2. The van der Waals surface area contributed by atoms with Gasteiger partial charge in [0.1, 0.15) is 11.6 Å². The molecule has 0 spiro atoms. The van der Waals surface area contributed by atoms with Crippen LogP contribution in [0.3, 0.4) is 0 Å². The van der Waals surface area contributed by atoms with Gasteiger partial charge < -0.3 is 10.2 Å². The van der Waals surface area contributed by atoms with E-state index in [2.05, 4.69) is 10.4 Å². The summed E-state index contributed by atoms with van der Waals surface area (Å²) in [4.78, 5) is 27.1. The van der Waals surface area contributed by atoms with E-state index < -0.39 is 0 Å². The van der Waals surface area contributed by atoms with Gasteiger partial charge in [0.25, 0.3) is 5.56 Å². The molecule has 1 fully saturated rings. The number of hydrogen-bond donors (Lipinski definition) is 1. The predicted octanol–water partition coefficient (Wildman–Crippen LogP) is 3.54. The molecule has 0 bridgehead atoms. The third kappa shape index (κ3) is 4.25. The van der Waals surface area contributed by atoms with E-state index in [1.807, 2.05) is 36.1 Å². The molecular weight excluding hydrogens is 383 g/mol. The Morgan fingerprint density at radius 3 is 2.63 bits per heavy atom. The Morgan fingerprint density at radius 1 is 1.10 bits per heavy atom. The molecule has 1 aliphatic rings. The highest BCUT2D eigenvalue weighted by Crippen LogP contribution is 2.23. The summed E-state index contributed by atoms with van der Waals surface area (Å²) in [6, 6.07) is 16.4. The van der Waals surface area contributed by atoms with Crippen molar-refractivity contribution in [2.45, 2.75) is 19.8 Å². The molecule has 30 heavy (non-hydrogen) atoms. The first kappa shape index (κ1) is 19.8. The lowest BCUT2D eigenvalue weighted by Crippen LogP contribution is -2.41. The van der Waals surface area contributed by atoms with E-state index in [4.69, 9.17) is 0 Å². The maximum atomic E-state index is 13.2. The number of benzene rings is 2. The number of amides is 1. The first-order valence-corrected chi connectivity index (χ1v) is 9.99. The molecule has 1 amide bonds. The number of para-hydroxylation sites is 1. The third-order valence-electron chi connectivity index (χ3n) is 5.38. The molecule has 1 N–H and O–H groups in total. The molecule has 154 valence electrons. The fraction of sp³-hybridized carbons (Fsp3) is 0.261. The molecule has 3 aromatic rings. The smallest absolute Gasteiger partial charge is 0.271 e.